The first-order valence-corrected chi connectivity index (χ1v) is 42.0. The molecule has 1 aliphatic carbocycles. The van der Waals surface area contributed by atoms with Crippen LogP contribution in [0.5, 0.6) is 0 Å². The molecule has 101 heavy (non-hydrogen) atoms. The van der Waals surface area contributed by atoms with Crippen LogP contribution in [0, 0.1) is 25.7 Å². The van der Waals surface area contributed by atoms with E-state index >= 15 is 0 Å². The summed E-state index contributed by atoms with van der Waals surface area (Å²) in [5.74, 6) is 5.54. The van der Waals surface area contributed by atoms with Crippen LogP contribution in [-0.2, 0) is 91.9 Å². The van der Waals surface area contributed by atoms with Crippen LogP contribution in [0.15, 0.2) is 62.7 Å². The number of carboxylic acids is 1. The lowest BCUT2D eigenvalue weighted by molar-refractivity contribution is -0.496. The number of H-pyrrole nitrogens is 1. The van der Waals surface area contributed by atoms with Gasteiger partial charge in [-0.1, -0.05) is 76.1 Å². The molecule has 0 radical (unpaired) electrons. The van der Waals surface area contributed by atoms with Gasteiger partial charge in [-0.05, 0) is 138 Å². The molecule has 36 heteroatoms. The van der Waals surface area contributed by atoms with E-state index < -0.39 is 87.2 Å². The topological polar surface area (TPSA) is 407 Å². The van der Waals surface area contributed by atoms with Crippen molar-refractivity contribution in [1.29, 1.82) is 0 Å². The Labute approximate surface area is 601 Å². The van der Waals surface area contributed by atoms with Crippen LogP contribution in [0.2, 0.25) is 0 Å². The normalized spacial score (nSPS) is 16.4. The molecule has 0 bridgehead atoms. The second-order valence-electron chi connectivity index (χ2n) is 23.2. The van der Waals surface area contributed by atoms with Crippen LogP contribution < -0.4 is 26.9 Å². The number of esters is 1. The minimum absolute atomic E-state index is 0.0353. The van der Waals surface area contributed by atoms with Crippen LogP contribution in [0.4, 0.5) is 4.79 Å². The number of Topliss-reactive ketones (excluding diaryl/α,β-unsaturated/α-hetero) is 1. The van der Waals surface area contributed by atoms with E-state index in [0.717, 1.165) is 76.0 Å². The second-order valence-corrected chi connectivity index (χ2v) is 33.7. The lowest BCUT2D eigenvalue weighted by Gasteiger charge is -2.21. The maximum Gasteiger partial charge on any atom is 0.490 e. The Bertz CT molecular complexity index is 4020. The average Bonchev–Trinajstić information content (AvgIpc) is 1.23. The summed E-state index contributed by atoms with van der Waals surface area (Å²) in [4.78, 5) is 117. The molecule has 0 spiro atoms. The van der Waals surface area contributed by atoms with Crippen molar-refractivity contribution in [2.75, 3.05) is 83.6 Å². The van der Waals surface area contributed by atoms with E-state index in [-0.39, 0.29) is 59.9 Å². The number of unbranched alkanes of at least 4 members (excludes halogenated alkanes) is 1. The molecule has 3 heterocycles. The van der Waals surface area contributed by atoms with E-state index in [4.69, 9.17) is 63.1 Å². The van der Waals surface area contributed by atoms with E-state index in [1.165, 1.54) is 11.6 Å². The summed E-state index contributed by atoms with van der Waals surface area (Å²) < 4.78 is 93.0. The number of benzene rings is 3. The molecule has 2 aromatic carbocycles. The van der Waals surface area contributed by atoms with Gasteiger partial charge >= 0.3 is 47.2 Å². The number of carbonyl (C=O) groups excluding carboxylic acids is 3. The van der Waals surface area contributed by atoms with Crippen LogP contribution >= 0.6 is 45.1 Å². The average molecular weight is 1550 g/mol. The van der Waals surface area contributed by atoms with Crippen LogP contribution in [0.3, 0.4) is 0 Å². The standard InChI is InChI=1S/C38H46N2O8.C27H45N2O17P3S4/c1-6-10-26-22-34-30(19-24(26)4)36(31-20-25(5)32(39-7-2)23-35(31)48-34)29-21-27(12-13-28(29)37(42)43)33(41)11-9-15-45-17-18-46-16-14-40-38(44)47-8-3;1-5-27(3,4)52-51-18-40-13-9-10-14-41-24(30)12-8-7-11-20-16-29(26(32)28-25(20)31)23-15-21(42-19-53(50)6-2)22(44-23)17-43-48(36,37)46-49(38,39)45-47(33,34)35/h12-13,19-23H,6-11,14-18H2,1-5H3,(H,40,44)(H,42,43);16,21-23H,5-6,8-10,12-15,17-19H2,1-4H3,(H,36,37)(H,38,39)(H,28,31,32)(H2,33,34,35)/p+1/t;21-,22+,23+,53?/m.0/s1. The summed E-state index contributed by atoms with van der Waals surface area (Å²) in [5, 5.41) is 14.6. The molecule has 3 aromatic rings. The number of ketones is 1. The van der Waals surface area contributed by atoms with E-state index in [0.29, 0.717) is 93.2 Å². The minimum atomic E-state index is -5.76. The van der Waals surface area contributed by atoms with Gasteiger partial charge in [-0.15, -0.1) is 0 Å². The summed E-state index contributed by atoms with van der Waals surface area (Å²) >= 11 is 5.28. The fourth-order valence-corrected chi connectivity index (χ4v) is 15.7. The summed E-state index contributed by atoms with van der Waals surface area (Å²) in [6.07, 6.45) is 2.38. The quantitative estimate of drug-likeness (QED) is 0.00265. The van der Waals surface area contributed by atoms with Gasteiger partial charge in [0.25, 0.3) is 5.56 Å². The molecule has 1 saturated heterocycles. The van der Waals surface area contributed by atoms with Gasteiger partial charge in [0.05, 0.1) is 69.7 Å². The van der Waals surface area contributed by atoms with Crippen molar-refractivity contribution in [2.45, 2.75) is 150 Å². The molecule has 560 valence electrons. The SMILES string of the molecule is CCCc1cc2oc3cc(=[NH+]CC)c(C)cc-3c(-c3cc(C(=O)CCCOCCOCCNC(=O)OCC)ccc3C(=O)O)c2cc1C.CCS(=S)CO[C@H]1C[C@H](n2cc(C#CCCC(=O)OCCCCOCSSC(C)(C)CC)c(=O)[nH]c2=O)O[C@@H]1COP(=O)(O)OP(=O)(O)OP(=O)(O)O. The number of carbonyl (C=O) groups is 4. The molecule has 1 amide bonds. The van der Waals surface area contributed by atoms with Crippen molar-refractivity contribution in [3.63, 3.8) is 0 Å². The number of alkyl carbamates (subject to hydrolysis) is 1. The highest BCUT2D eigenvalue weighted by atomic mass is 33.1. The number of nitrogens with one attached hydrogen (secondary N) is 3. The molecule has 1 aromatic heterocycles. The van der Waals surface area contributed by atoms with E-state index in [9.17, 15) is 57.4 Å². The minimum Gasteiger partial charge on any atom is -0.478 e. The highest BCUT2D eigenvalue weighted by molar-refractivity contribution is 8.77. The van der Waals surface area contributed by atoms with Crippen LogP contribution in [-0.4, -0.2) is 159 Å². The fraction of sp³-hybridized carbons (Fsp3) is 0.554. The first-order chi connectivity index (χ1) is 47.8. The number of aromatic amines is 1. The number of rotatable bonds is 41. The number of hydrogen-bond acceptors (Lipinski definition) is 23. The van der Waals surface area contributed by atoms with Gasteiger partial charge in [0, 0.05) is 77.6 Å². The molecule has 6 atom stereocenters. The zero-order valence-electron chi connectivity index (χ0n) is 57.9. The Balaban J connectivity index is 0.000000365. The van der Waals surface area contributed by atoms with Crippen molar-refractivity contribution in [3.8, 4) is 34.3 Å². The third-order valence-electron chi connectivity index (χ3n) is 15.0. The predicted octanol–water partition coefficient (Wildman–Crippen LogP) is 8.82. The number of phosphoric acid groups is 3. The van der Waals surface area contributed by atoms with Gasteiger partial charge in [0.15, 0.2) is 5.78 Å². The van der Waals surface area contributed by atoms with E-state index in [1.54, 1.807) is 40.6 Å². The highest BCUT2D eigenvalue weighted by Crippen LogP contribution is 2.66. The van der Waals surface area contributed by atoms with Gasteiger partial charge in [-0.3, -0.25) is 28.5 Å². The van der Waals surface area contributed by atoms with Crippen molar-refractivity contribution in [2.24, 2.45) is 0 Å². The maximum absolute atomic E-state index is 13.4. The molecule has 29 nitrogen and oxygen atoms in total. The fourth-order valence-electron chi connectivity index (χ4n) is 9.70. The number of aryl methyl sites for hydroxylation is 3. The summed E-state index contributed by atoms with van der Waals surface area (Å²) in [7, 11) is -14.0. The molecule has 0 saturated carbocycles. The van der Waals surface area contributed by atoms with E-state index in [1.807, 2.05) is 32.9 Å². The van der Waals surface area contributed by atoms with Crippen molar-refractivity contribution < 1.29 is 113 Å². The molecule has 1 fully saturated rings. The zero-order chi connectivity index (χ0) is 74.5. The molecule has 3 aliphatic rings. The maximum atomic E-state index is 13.4. The lowest BCUT2D eigenvalue weighted by Crippen LogP contribution is -2.76. The summed E-state index contributed by atoms with van der Waals surface area (Å²) in [6.45, 7) is 21.1. The third-order valence-corrected chi connectivity index (χ3v) is 24.0. The number of amides is 1. The molecule has 8 N–H and O–H groups in total. The molecule has 6 rings (SSSR count). The molecule has 2 aliphatic heterocycles. The first-order valence-electron chi connectivity index (χ1n) is 32.7. The molecular weight excluding hydrogens is 1460 g/mol. The highest BCUT2D eigenvalue weighted by Gasteiger charge is 2.44. The second kappa shape index (κ2) is 42.6. The number of hydrogen-bond donors (Lipinski definition) is 8. The summed E-state index contributed by atoms with van der Waals surface area (Å²) in [5.41, 5.74) is 4.67. The third kappa shape index (κ3) is 29.7. The number of fused-ring (bicyclic) bond motifs is 2. The Morgan fingerprint density at radius 1 is 0.861 bits per heavy atom. The number of aromatic carboxylic acids is 1. The van der Waals surface area contributed by atoms with Crippen molar-refractivity contribution >= 4 is 100 Å². The van der Waals surface area contributed by atoms with Gasteiger partial charge in [0.1, 0.15) is 41.7 Å². The molecule has 3 unspecified atom stereocenters. The number of carboxylic acid groups (broad SMARTS) is 1. The number of phosphoric ester groups is 1. The van der Waals surface area contributed by atoms with Crippen molar-refractivity contribution in [3.05, 3.63) is 108 Å². The van der Waals surface area contributed by atoms with Gasteiger partial charge < -0.3 is 67.6 Å². The number of aromatic nitrogens is 2. The Kier molecular flexibility index (Phi) is 36.5. The Morgan fingerprint density at radius 3 is 2.27 bits per heavy atom. The number of ether oxygens (including phenoxy) is 7. The number of nitrogens with zero attached hydrogens (tertiary/aromatic N) is 1. The largest absolute Gasteiger partial charge is 0.490 e. The van der Waals surface area contributed by atoms with Crippen LogP contribution in [0.25, 0.3) is 33.4 Å². The first kappa shape index (κ1) is 86.4. The Hall–Kier alpha value is -5.27. The van der Waals surface area contributed by atoms with Crippen LogP contribution in [0.1, 0.15) is 155 Å². The monoisotopic (exact) mass is 1550 g/mol. The Morgan fingerprint density at radius 2 is 1.58 bits per heavy atom. The van der Waals surface area contributed by atoms with Gasteiger partial charge in [-0.25, -0.2) is 33.1 Å². The predicted molar refractivity (Wildman–Crippen MR) is 385 cm³/mol. The van der Waals surface area contributed by atoms with E-state index in [2.05, 4.69) is 82.5 Å². The van der Waals surface area contributed by atoms with Gasteiger partial charge in [0.2, 0.25) is 5.36 Å². The molecular formula is C65H92N4O25P3S4+. The van der Waals surface area contributed by atoms with Gasteiger partial charge in [-0.2, -0.15) is 8.62 Å². The van der Waals surface area contributed by atoms with Crippen molar-refractivity contribution in [1.82, 2.24) is 14.9 Å². The smallest absolute Gasteiger partial charge is 0.478 e. The zero-order valence-corrected chi connectivity index (χ0v) is 63.9. The lowest BCUT2D eigenvalue weighted by atomic mass is 9.87. The summed E-state index contributed by atoms with van der Waals surface area (Å²) in [6, 6.07) is 13.0.